The predicted molar refractivity (Wildman–Crippen MR) is 120 cm³/mol. The van der Waals surface area contributed by atoms with Crippen LogP contribution in [0.15, 0.2) is 75.2 Å². The third-order valence-electron chi connectivity index (χ3n) is 5.04. The molecule has 2 aliphatic rings. The number of carbonyl (C=O) groups excluding carboxylic acids is 1. The summed E-state index contributed by atoms with van der Waals surface area (Å²) in [5.74, 6) is 1.56. The maximum atomic E-state index is 13.0. The van der Waals surface area contributed by atoms with Crippen molar-refractivity contribution in [2.45, 2.75) is 13.1 Å². The van der Waals surface area contributed by atoms with Gasteiger partial charge in [-0.3, -0.25) is 20.2 Å². The molecule has 0 saturated heterocycles. The van der Waals surface area contributed by atoms with E-state index in [-0.39, 0.29) is 11.6 Å². The number of nitro benzene ring substituents is 1. The van der Waals surface area contributed by atoms with Gasteiger partial charge in [0.25, 0.3) is 11.6 Å². The summed E-state index contributed by atoms with van der Waals surface area (Å²) in [5, 5.41) is 21.9. The Hall–Kier alpha value is -3.92. The number of hydrazone groups is 1. The molecule has 1 unspecified atom stereocenters. The monoisotopic (exact) mass is 447 g/mol. The highest BCUT2D eigenvalue weighted by molar-refractivity contribution is 8.13. The van der Waals surface area contributed by atoms with E-state index in [9.17, 15) is 14.9 Å². The van der Waals surface area contributed by atoms with E-state index in [1.54, 1.807) is 29.3 Å². The van der Waals surface area contributed by atoms with Crippen molar-refractivity contribution >= 4 is 34.2 Å². The van der Waals surface area contributed by atoms with Crippen LogP contribution in [-0.4, -0.2) is 26.8 Å². The summed E-state index contributed by atoms with van der Waals surface area (Å²) in [6.07, 6.45) is -0.662. The number of fused-ring (bicyclic) bond motifs is 2. The summed E-state index contributed by atoms with van der Waals surface area (Å²) in [7, 11) is 0. The number of carbonyl (C=O) groups is 1. The molecule has 1 N–H and O–H groups in total. The van der Waals surface area contributed by atoms with Crippen LogP contribution >= 0.6 is 11.8 Å². The van der Waals surface area contributed by atoms with Crippen LogP contribution < -0.4 is 15.9 Å². The molecule has 1 amide bonds. The third-order valence-corrected chi connectivity index (χ3v) is 5.79. The normalized spacial score (nSPS) is 17.1. The molecule has 32 heavy (non-hydrogen) atoms. The molecule has 0 fully saturated rings. The molecular weight excluding hydrogens is 430 g/mol. The number of amides is 1. The molecule has 1 aromatic heterocycles. The number of nitrogens with zero attached hydrogens (tertiary/aromatic N) is 4. The standard InChI is InChI=1S/C22H17N5O4S/c1-2-32-22-24-21(28)19-15-5-3-4-6-16(15)23-20(26(19)25-22)18-12-11-17(31-18)13-7-9-14(10-8-13)27(29)30/h3-12,20H,2H2,1H3,(H,24,25,28). The number of benzene rings is 2. The zero-order valence-corrected chi connectivity index (χ0v) is 17.7. The average Bonchev–Trinajstić information content (AvgIpc) is 3.28. The van der Waals surface area contributed by atoms with E-state index in [1.165, 1.54) is 23.9 Å². The molecule has 5 rings (SSSR count). The Balaban J connectivity index is 1.59. The summed E-state index contributed by atoms with van der Waals surface area (Å²) < 4.78 is 6.08. The number of furan rings is 1. The van der Waals surface area contributed by atoms with Crippen LogP contribution in [0.25, 0.3) is 17.0 Å². The maximum absolute atomic E-state index is 13.0. The van der Waals surface area contributed by atoms with Gasteiger partial charge < -0.3 is 4.42 Å². The highest BCUT2D eigenvalue weighted by Crippen LogP contribution is 2.34. The first-order valence-corrected chi connectivity index (χ1v) is 10.9. The molecular formula is C22H17N5O4S. The number of amidine groups is 1. The van der Waals surface area contributed by atoms with Gasteiger partial charge in [-0.15, -0.1) is 5.10 Å². The first-order valence-electron chi connectivity index (χ1n) is 9.89. The van der Waals surface area contributed by atoms with Gasteiger partial charge in [0.15, 0.2) is 10.9 Å². The Morgan fingerprint density at radius 2 is 1.94 bits per heavy atom. The average molecular weight is 447 g/mol. The number of nitrogens with one attached hydrogen (secondary N) is 1. The van der Waals surface area contributed by atoms with Crippen LogP contribution in [-0.2, 0) is 4.79 Å². The largest absolute Gasteiger partial charge is 0.457 e. The second-order valence-electron chi connectivity index (χ2n) is 7.01. The molecule has 160 valence electrons. The van der Waals surface area contributed by atoms with Gasteiger partial charge in [-0.1, -0.05) is 36.9 Å². The summed E-state index contributed by atoms with van der Waals surface area (Å²) in [4.78, 5) is 28.2. The van der Waals surface area contributed by atoms with Crippen molar-refractivity contribution in [1.29, 1.82) is 0 Å². The second kappa shape index (κ2) is 7.97. The summed E-state index contributed by atoms with van der Waals surface area (Å²) >= 11 is 1.43. The molecule has 2 aromatic carbocycles. The van der Waals surface area contributed by atoms with Crippen molar-refractivity contribution < 1.29 is 14.1 Å². The highest BCUT2D eigenvalue weighted by Gasteiger charge is 2.35. The fourth-order valence-electron chi connectivity index (χ4n) is 3.61. The minimum Gasteiger partial charge on any atom is -0.457 e. The van der Waals surface area contributed by atoms with E-state index in [0.29, 0.717) is 38.5 Å². The first kappa shape index (κ1) is 20.0. The molecule has 9 nitrogen and oxygen atoms in total. The zero-order valence-electron chi connectivity index (χ0n) is 16.9. The number of non-ortho nitro benzene ring substituents is 1. The van der Waals surface area contributed by atoms with Crippen LogP contribution in [0.5, 0.6) is 0 Å². The molecule has 1 atom stereocenters. The van der Waals surface area contributed by atoms with Gasteiger partial charge in [0, 0.05) is 22.9 Å². The van der Waals surface area contributed by atoms with E-state index in [2.05, 4.69) is 10.4 Å². The lowest BCUT2D eigenvalue weighted by Crippen LogP contribution is -2.50. The van der Waals surface area contributed by atoms with E-state index in [1.807, 2.05) is 31.2 Å². The van der Waals surface area contributed by atoms with E-state index in [4.69, 9.17) is 9.41 Å². The van der Waals surface area contributed by atoms with Gasteiger partial charge in [-0.05, 0) is 36.1 Å². The molecule has 0 saturated carbocycles. The van der Waals surface area contributed by atoms with E-state index in [0.717, 1.165) is 5.75 Å². The van der Waals surface area contributed by atoms with Crippen molar-refractivity contribution in [2.24, 2.45) is 10.1 Å². The number of thioether (sulfide) groups is 1. The van der Waals surface area contributed by atoms with Gasteiger partial charge in [-0.2, -0.15) is 0 Å². The SMILES string of the molecule is CCSC1=NN2C(=c3ccccc3=NC2c2ccc(-c3ccc([N+](=O)[O-])cc3)o2)C(=O)N1. The van der Waals surface area contributed by atoms with Gasteiger partial charge in [0.1, 0.15) is 11.5 Å². The minimum atomic E-state index is -0.662. The Kier molecular flexibility index (Phi) is 4.98. The Morgan fingerprint density at radius 1 is 1.16 bits per heavy atom. The Bertz CT molecular complexity index is 1380. The maximum Gasteiger partial charge on any atom is 0.276 e. The number of rotatable bonds is 4. The molecule has 3 heterocycles. The second-order valence-corrected chi connectivity index (χ2v) is 8.26. The van der Waals surface area contributed by atoms with E-state index < -0.39 is 11.1 Å². The molecule has 10 heteroatoms. The predicted octanol–water partition coefficient (Wildman–Crippen LogP) is 2.75. The molecule has 0 bridgehead atoms. The van der Waals surface area contributed by atoms with Crippen molar-refractivity contribution in [3.63, 3.8) is 0 Å². The molecule has 2 aliphatic heterocycles. The number of hydrogen-bond donors (Lipinski definition) is 1. The van der Waals surface area contributed by atoms with Crippen molar-refractivity contribution in [2.75, 3.05) is 5.75 Å². The molecule has 0 spiro atoms. The van der Waals surface area contributed by atoms with Gasteiger partial charge >= 0.3 is 0 Å². The van der Waals surface area contributed by atoms with Crippen LogP contribution in [0.3, 0.4) is 0 Å². The topological polar surface area (TPSA) is 113 Å². The Morgan fingerprint density at radius 3 is 2.69 bits per heavy atom. The lowest BCUT2D eigenvalue weighted by molar-refractivity contribution is -0.384. The van der Waals surface area contributed by atoms with Crippen LogP contribution in [0.4, 0.5) is 5.69 Å². The third kappa shape index (κ3) is 3.44. The lowest BCUT2D eigenvalue weighted by atomic mass is 10.1. The molecule has 3 aromatic rings. The summed E-state index contributed by atoms with van der Waals surface area (Å²) in [6, 6.07) is 17.1. The summed E-state index contributed by atoms with van der Waals surface area (Å²) in [6.45, 7) is 1.98. The van der Waals surface area contributed by atoms with E-state index >= 15 is 0 Å². The van der Waals surface area contributed by atoms with Crippen LogP contribution in [0, 0.1) is 10.1 Å². The Labute approximate surface area is 186 Å². The smallest absolute Gasteiger partial charge is 0.276 e. The van der Waals surface area contributed by atoms with Crippen molar-refractivity contribution in [1.82, 2.24) is 10.3 Å². The number of para-hydroxylation sites is 1. The highest BCUT2D eigenvalue weighted by atomic mass is 32.2. The van der Waals surface area contributed by atoms with Gasteiger partial charge in [0.05, 0.1) is 10.3 Å². The van der Waals surface area contributed by atoms with Crippen LogP contribution in [0.2, 0.25) is 0 Å². The fourth-order valence-corrected chi connectivity index (χ4v) is 4.19. The number of hydrogen-bond acceptors (Lipinski definition) is 8. The van der Waals surface area contributed by atoms with Crippen LogP contribution in [0.1, 0.15) is 18.8 Å². The summed E-state index contributed by atoms with van der Waals surface area (Å²) in [5.41, 5.74) is 1.12. The first-order chi connectivity index (χ1) is 15.5. The molecule has 0 aliphatic carbocycles. The molecule has 0 radical (unpaired) electrons. The van der Waals surface area contributed by atoms with Gasteiger partial charge in [0.2, 0.25) is 6.17 Å². The number of nitro groups is 1. The van der Waals surface area contributed by atoms with Gasteiger partial charge in [-0.25, -0.2) is 10.0 Å². The van der Waals surface area contributed by atoms with Crippen molar-refractivity contribution in [3.05, 3.63) is 87.1 Å². The van der Waals surface area contributed by atoms with Crippen molar-refractivity contribution in [3.8, 4) is 11.3 Å². The minimum absolute atomic E-state index is 0.00767. The fraction of sp³-hybridized carbons (Fsp3) is 0.136. The quantitative estimate of drug-likeness (QED) is 0.486. The lowest BCUT2D eigenvalue weighted by Gasteiger charge is -2.32. The zero-order chi connectivity index (χ0) is 22.2.